The van der Waals surface area contributed by atoms with Crippen molar-refractivity contribution in [3.63, 3.8) is 0 Å². The molecule has 0 aliphatic carbocycles. The third-order valence-corrected chi connectivity index (χ3v) is 12.9. The van der Waals surface area contributed by atoms with Crippen LogP contribution in [-0.2, 0) is 19.6 Å². The highest BCUT2D eigenvalue weighted by atomic mass is 19.1. The molecule has 0 fully saturated rings. The molecule has 0 bridgehead atoms. The summed E-state index contributed by atoms with van der Waals surface area (Å²) >= 11 is 0. The van der Waals surface area contributed by atoms with Gasteiger partial charge in [-0.2, -0.15) is 15.3 Å². The van der Waals surface area contributed by atoms with Crippen molar-refractivity contribution in [2.45, 2.75) is 78.0 Å². The van der Waals surface area contributed by atoms with Crippen molar-refractivity contribution in [1.29, 1.82) is 0 Å². The first-order valence-corrected chi connectivity index (χ1v) is 28.1. The lowest BCUT2D eigenvalue weighted by molar-refractivity contribution is 0.0937. The number of rotatable bonds is 21. The summed E-state index contributed by atoms with van der Waals surface area (Å²) in [6.07, 6.45) is 7.11. The average molecular weight is 1280 g/mol. The standard InChI is InChI=1S/3C21H20F2N6O2/c3*1-21(2,30)12-25-19-15(23)10-24-20(26-19)17-9-18(16-7-8-31-28-16)29(27-17)11-13-5-3-4-6-14(13)22/h3*3-10,30H,11-12H2,1-2H3,(H,24,25,26)/i4D,5D;3D,6D;4D. The maximum Gasteiger partial charge on any atom is 0.183 e. The van der Waals surface area contributed by atoms with Gasteiger partial charge in [-0.3, -0.25) is 14.0 Å². The number of nitrogens with zero attached hydrogens (tertiary/aromatic N) is 15. The summed E-state index contributed by atoms with van der Waals surface area (Å²) in [5, 5.41) is 62.9. The maximum absolute atomic E-state index is 14.5. The zero-order valence-corrected chi connectivity index (χ0v) is 50.3. The molecule has 0 saturated carbocycles. The molecule has 0 spiro atoms. The van der Waals surface area contributed by atoms with E-state index in [4.69, 9.17) is 20.4 Å². The zero-order valence-electron chi connectivity index (χ0n) is 55.3. The van der Waals surface area contributed by atoms with Crippen LogP contribution in [0.5, 0.6) is 0 Å². The Kier molecular flexibility index (Phi) is 17.6. The molecule has 480 valence electrons. The molecule has 24 nitrogen and oxygen atoms in total. The predicted octanol–water partition coefficient (Wildman–Crippen LogP) is 10.5. The number of aliphatic hydroxyl groups is 3. The summed E-state index contributed by atoms with van der Waals surface area (Å²) in [6.45, 7) is 9.44. The molecule has 9 aromatic heterocycles. The minimum absolute atomic E-state index is 0.00356. The fraction of sp³-hybridized carbons (Fsp3) is 0.238. The Morgan fingerprint density at radius 2 is 0.763 bits per heavy atom. The van der Waals surface area contributed by atoms with Crippen LogP contribution in [-0.4, -0.2) is 126 Å². The van der Waals surface area contributed by atoms with Crippen LogP contribution in [0.2, 0.25) is 0 Å². The van der Waals surface area contributed by atoms with E-state index >= 15 is 0 Å². The molecule has 93 heavy (non-hydrogen) atoms. The normalized spacial score (nSPS) is 12.4. The molecule has 12 rings (SSSR count). The van der Waals surface area contributed by atoms with E-state index in [1.807, 2.05) is 0 Å². The third kappa shape index (κ3) is 17.1. The molecule has 0 atom stereocenters. The van der Waals surface area contributed by atoms with Gasteiger partial charge in [0.05, 0.1) is 79.0 Å². The third-order valence-electron chi connectivity index (χ3n) is 12.9. The van der Waals surface area contributed by atoms with Crippen molar-refractivity contribution in [3.8, 4) is 68.7 Å². The Morgan fingerprint density at radius 1 is 0.419 bits per heavy atom. The molecule has 9 heterocycles. The van der Waals surface area contributed by atoms with Crippen LogP contribution in [0.3, 0.4) is 0 Å². The van der Waals surface area contributed by atoms with Crippen LogP contribution in [0.4, 0.5) is 43.8 Å². The van der Waals surface area contributed by atoms with Gasteiger partial charge in [-0.15, -0.1) is 0 Å². The molecular formula is C63H60F6N18O6. The Balaban J connectivity index is 0.000000159. The molecule has 30 heteroatoms. The summed E-state index contributed by atoms with van der Waals surface area (Å²) < 4.78 is 144. The van der Waals surface area contributed by atoms with Gasteiger partial charge < -0.3 is 44.8 Å². The Labute approximate surface area is 533 Å². The number of anilines is 3. The van der Waals surface area contributed by atoms with Gasteiger partial charge in [-0.05, 0) is 77.9 Å². The van der Waals surface area contributed by atoms with Crippen molar-refractivity contribution in [3.05, 3.63) is 198 Å². The van der Waals surface area contributed by atoms with Gasteiger partial charge in [-0.25, -0.2) is 56.2 Å². The number of aromatic nitrogens is 15. The van der Waals surface area contributed by atoms with Crippen molar-refractivity contribution in [1.82, 2.24) is 74.7 Å². The fourth-order valence-electron chi connectivity index (χ4n) is 8.42. The van der Waals surface area contributed by atoms with Gasteiger partial charge in [0.1, 0.15) is 70.4 Å². The van der Waals surface area contributed by atoms with Crippen molar-refractivity contribution in [2.75, 3.05) is 35.6 Å². The van der Waals surface area contributed by atoms with E-state index in [1.165, 1.54) is 57.1 Å². The van der Waals surface area contributed by atoms with Crippen LogP contribution in [0.15, 0.2) is 160 Å². The number of hydrogen-bond donors (Lipinski definition) is 6. The lowest BCUT2D eigenvalue weighted by Gasteiger charge is -2.18. The fourth-order valence-corrected chi connectivity index (χ4v) is 8.42. The summed E-state index contributed by atoms with van der Waals surface area (Å²) in [5.41, 5.74) is 0.700. The Morgan fingerprint density at radius 3 is 1.12 bits per heavy atom. The highest BCUT2D eigenvalue weighted by molar-refractivity contribution is 5.66. The number of benzene rings is 3. The minimum Gasteiger partial charge on any atom is -0.389 e. The van der Waals surface area contributed by atoms with Crippen LogP contribution in [0.1, 0.15) is 65.1 Å². The Bertz CT molecular complexity index is 4730. The number of hydrogen-bond acceptors (Lipinski definition) is 21. The SMILES string of the molecule is [2H]c1cc([2H])c(Cn2nc(-c3ncc(F)c(NCC(C)(C)O)n3)cc2-c2ccon2)c(F)c1.[2H]c1cc([2H])c(F)c(Cn2nc(-c3ncc(F)c(NCC(C)(C)O)n3)cc2-c2ccon2)c1.[2H]c1ccc(Cn2nc(-c3ncc(F)c(NCC(C)(C)O)n3)cc2-c2ccon2)c(F)c1. The van der Waals surface area contributed by atoms with E-state index in [-0.39, 0.29) is 121 Å². The molecule has 6 N–H and O–H groups in total. The second-order valence-electron chi connectivity index (χ2n) is 22.4. The van der Waals surface area contributed by atoms with Crippen LogP contribution < -0.4 is 16.0 Å². The average Bonchev–Trinajstić information content (AvgIpc) is 1.65. The summed E-state index contributed by atoms with van der Waals surface area (Å²) in [7, 11) is 0. The summed E-state index contributed by atoms with van der Waals surface area (Å²) in [5.74, 6) is -4.04. The molecule has 12 aromatic rings. The van der Waals surface area contributed by atoms with Crippen molar-refractivity contribution < 1.29 is 62.1 Å². The largest absolute Gasteiger partial charge is 0.389 e. The van der Waals surface area contributed by atoms with E-state index in [0.29, 0.717) is 45.4 Å². The second-order valence-corrected chi connectivity index (χ2v) is 22.4. The smallest absolute Gasteiger partial charge is 0.183 e. The van der Waals surface area contributed by atoms with Crippen molar-refractivity contribution in [2.24, 2.45) is 0 Å². The highest BCUT2D eigenvalue weighted by Gasteiger charge is 2.24. The van der Waals surface area contributed by atoms with E-state index < -0.39 is 57.7 Å². The van der Waals surface area contributed by atoms with Gasteiger partial charge in [-0.1, -0.05) is 70.0 Å². The summed E-state index contributed by atoms with van der Waals surface area (Å²) in [6, 6.07) is 17.9. The van der Waals surface area contributed by atoms with E-state index in [9.17, 15) is 41.7 Å². The topological polar surface area (TPSA) is 306 Å². The first kappa shape index (κ1) is 58.4. The predicted molar refractivity (Wildman–Crippen MR) is 327 cm³/mol. The van der Waals surface area contributed by atoms with E-state index in [2.05, 4.69) is 76.6 Å². The molecule has 3 aromatic carbocycles. The minimum atomic E-state index is -1.09. The van der Waals surface area contributed by atoms with Crippen molar-refractivity contribution >= 4 is 17.5 Å². The number of nitrogens with one attached hydrogen (secondary N) is 3. The molecule has 0 aliphatic heterocycles. The lowest BCUT2D eigenvalue weighted by Crippen LogP contribution is -2.30. The molecule has 0 radical (unpaired) electrons. The van der Waals surface area contributed by atoms with Gasteiger partial charge >= 0.3 is 0 Å². The molecule has 0 saturated heterocycles. The summed E-state index contributed by atoms with van der Waals surface area (Å²) in [4.78, 5) is 24.6. The molecule has 0 aliphatic rings. The zero-order chi connectivity index (χ0) is 70.4. The van der Waals surface area contributed by atoms with Crippen LogP contribution in [0, 0.1) is 34.9 Å². The van der Waals surface area contributed by atoms with Crippen LogP contribution >= 0.6 is 0 Å². The van der Waals surface area contributed by atoms with E-state index in [0.717, 1.165) is 36.8 Å². The van der Waals surface area contributed by atoms with Gasteiger partial charge in [0, 0.05) is 54.5 Å². The lowest BCUT2D eigenvalue weighted by atomic mass is 10.1. The second kappa shape index (κ2) is 28.0. The van der Waals surface area contributed by atoms with Gasteiger partial charge in [0.25, 0.3) is 0 Å². The van der Waals surface area contributed by atoms with E-state index in [1.54, 1.807) is 77.9 Å². The molecule has 0 amide bonds. The molecular weight excluding hydrogens is 1220 g/mol. The quantitative estimate of drug-likeness (QED) is 0.0364. The monoisotopic (exact) mass is 1280 g/mol. The highest BCUT2D eigenvalue weighted by Crippen LogP contribution is 2.30. The Hall–Kier alpha value is -11.0. The first-order chi connectivity index (χ1) is 46.4. The maximum atomic E-state index is 14.5. The molecule has 0 unspecified atom stereocenters. The van der Waals surface area contributed by atoms with Gasteiger partial charge in [0.15, 0.2) is 52.4 Å². The van der Waals surface area contributed by atoms with Gasteiger partial charge in [0.2, 0.25) is 0 Å². The first-order valence-electron chi connectivity index (χ1n) is 30.6. The van der Waals surface area contributed by atoms with Crippen LogP contribution in [0.25, 0.3) is 68.7 Å². The number of halogens is 6.